The summed E-state index contributed by atoms with van der Waals surface area (Å²) in [6, 6.07) is 0.605. The van der Waals surface area contributed by atoms with Crippen molar-refractivity contribution in [3.8, 4) is 0 Å². The fourth-order valence-electron chi connectivity index (χ4n) is 4.27. The van der Waals surface area contributed by atoms with Crippen LogP contribution in [0.25, 0.3) is 0 Å². The highest BCUT2D eigenvalue weighted by Gasteiger charge is 2.65. The molecule has 0 amide bonds. The molecule has 4 rings (SSSR count). The predicted molar refractivity (Wildman–Crippen MR) is 71.8 cm³/mol. The average molecular weight is 265 g/mol. The SMILES string of the molecule is CNc1ncc(Cl)c(NC2C3C4CCC(C4)C23)n1. The lowest BCUT2D eigenvalue weighted by Gasteiger charge is -2.12. The predicted octanol–water partition coefficient (Wildman–Crippen LogP) is 2.63. The van der Waals surface area contributed by atoms with Crippen molar-refractivity contribution >= 4 is 23.4 Å². The maximum absolute atomic E-state index is 6.15. The number of nitrogens with zero attached hydrogens (tertiary/aromatic N) is 2. The number of hydrogen-bond acceptors (Lipinski definition) is 4. The Morgan fingerprint density at radius 2 is 2.00 bits per heavy atom. The van der Waals surface area contributed by atoms with Crippen molar-refractivity contribution in [1.29, 1.82) is 0 Å². The van der Waals surface area contributed by atoms with Crippen molar-refractivity contribution in [3.05, 3.63) is 11.2 Å². The number of fused-ring (bicyclic) bond motifs is 5. The molecule has 3 fully saturated rings. The zero-order valence-corrected chi connectivity index (χ0v) is 11.1. The molecule has 0 aromatic carbocycles. The first-order valence-corrected chi connectivity index (χ1v) is 7.12. The number of nitrogens with one attached hydrogen (secondary N) is 2. The van der Waals surface area contributed by atoms with Gasteiger partial charge in [0.15, 0.2) is 5.82 Å². The molecule has 4 unspecified atom stereocenters. The van der Waals surface area contributed by atoms with Crippen LogP contribution in [0.2, 0.25) is 5.02 Å². The van der Waals surface area contributed by atoms with E-state index in [1.807, 2.05) is 7.05 Å². The Balaban J connectivity index is 1.53. The van der Waals surface area contributed by atoms with Crippen LogP contribution >= 0.6 is 11.6 Å². The van der Waals surface area contributed by atoms with E-state index in [0.717, 1.165) is 29.5 Å². The molecule has 4 nitrogen and oxygen atoms in total. The Bertz CT molecular complexity index is 476. The zero-order valence-electron chi connectivity index (χ0n) is 10.4. The molecular formula is C13H17ClN4. The quantitative estimate of drug-likeness (QED) is 0.881. The molecular weight excluding hydrogens is 248 g/mol. The number of anilines is 2. The summed E-state index contributed by atoms with van der Waals surface area (Å²) in [5, 5.41) is 7.10. The Labute approximate surface area is 112 Å². The smallest absolute Gasteiger partial charge is 0.224 e. The van der Waals surface area contributed by atoms with Crippen LogP contribution in [0, 0.1) is 23.7 Å². The van der Waals surface area contributed by atoms with E-state index in [1.54, 1.807) is 6.20 Å². The van der Waals surface area contributed by atoms with Crippen LogP contribution in [0.15, 0.2) is 6.20 Å². The van der Waals surface area contributed by atoms with Crippen LogP contribution in [0.4, 0.5) is 11.8 Å². The minimum atomic E-state index is 0.605. The molecule has 3 aliphatic rings. The summed E-state index contributed by atoms with van der Waals surface area (Å²) in [5.74, 6) is 5.09. The Kier molecular flexibility index (Phi) is 2.25. The maximum atomic E-state index is 6.15. The van der Waals surface area contributed by atoms with Gasteiger partial charge in [0.25, 0.3) is 0 Å². The molecule has 1 aromatic rings. The standard InChI is InChI=1S/C13H17ClN4/c1-15-13-16-5-8(14)12(18-13)17-11-9-6-2-3-7(4-6)10(9)11/h5-7,9-11H,2-4H2,1H3,(H2,15,16,17,18). The van der Waals surface area contributed by atoms with Gasteiger partial charge in [-0.1, -0.05) is 11.6 Å². The maximum Gasteiger partial charge on any atom is 0.224 e. The van der Waals surface area contributed by atoms with E-state index in [1.165, 1.54) is 19.3 Å². The summed E-state index contributed by atoms with van der Waals surface area (Å²) in [6.45, 7) is 0. The van der Waals surface area contributed by atoms with E-state index in [9.17, 15) is 0 Å². The molecule has 5 heteroatoms. The van der Waals surface area contributed by atoms with E-state index < -0.39 is 0 Å². The van der Waals surface area contributed by atoms with Crippen LogP contribution in [-0.4, -0.2) is 23.1 Å². The summed E-state index contributed by atoms with van der Waals surface area (Å²) in [6.07, 6.45) is 5.99. The number of rotatable bonds is 3. The highest BCUT2D eigenvalue weighted by Crippen LogP contribution is 2.66. The second kappa shape index (κ2) is 3.73. The molecule has 4 atom stereocenters. The molecule has 1 heterocycles. The van der Waals surface area contributed by atoms with Crippen molar-refractivity contribution in [1.82, 2.24) is 9.97 Å². The fourth-order valence-corrected chi connectivity index (χ4v) is 4.41. The van der Waals surface area contributed by atoms with Gasteiger partial charge in [0.2, 0.25) is 5.95 Å². The zero-order chi connectivity index (χ0) is 12.3. The molecule has 0 saturated heterocycles. The Morgan fingerprint density at radius 1 is 1.28 bits per heavy atom. The van der Waals surface area contributed by atoms with Gasteiger partial charge in [0.05, 0.1) is 6.20 Å². The summed E-state index contributed by atoms with van der Waals surface area (Å²) in [5.41, 5.74) is 0. The van der Waals surface area contributed by atoms with Crippen LogP contribution in [0.5, 0.6) is 0 Å². The van der Waals surface area contributed by atoms with E-state index >= 15 is 0 Å². The van der Waals surface area contributed by atoms with Gasteiger partial charge in [0, 0.05) is 13.1 Å². The van der Waals surface area contributed by atoms with Gasteiger partial charge < -0.3 is 10.6 Å². The Morgan fingerprint density at radius 3 is 2.67 bits per heavy atom. The van der Waals surface area contributed by atoms with Crippen molar-refractivity contribution in [2.45, 2.75) is 25.3 Å². The van der Waals surface area contributed by atoms with Crippen molar-refractivity contribution in [3.63, 3.8) is 0 Å². The lowest BCUT2D eigenvalue weighted by molar-refractivity contribution is 0.456. The van der Waals surface area contributed by atoms with Gasteiger partial charge in [-0.2, -0.15) is 4.98 Å². The molecule has 18 heavy (non-hydrogen) atoms. The molecule has 0 radical (unpaired) electrons. The Hall–Kier alpha value is -1.03. The molecule has 96 valence electrons. The first-order chi connectivity index (χ1) is 8.78. The summed E-state index contributed by atoms with van der Waals surface area (Å²) in [7, 11) is 1.82. The van der Waals surface area contributed by atoms with Crippen molar-refractivity contribution in [2.75, 3.05) is 17.7 Å². The highest BCUT2D eigenvalue weighted by atomic mass is 35.5. The average Bonchev–Trinajstić information content (AvgIpc) is 2.79. The van der Waals surface area contributed by atoms with Crippen molar-refractivity contribution in [2.24, 2.45) is 23.7 Å². The van der Waals surface area contributed by atoms with Crippen LogP contribution in [-0.2, 0) is 0 Å². The molecule has 2 bridgehead atoms. The molecule has 0 aliphatic heterocycles. The summed E-state index contributed by atoms with van der Waals surface area (Å²) in [4.78, 5) is 8.51. The van der Waals surface area contributed by atoms with Crippen LogP contribution < -0.4 is 10.6 Å². The number of aromatic nitrogens is 2. The fraction of sp³-hybridized carbons (Fsp3) is 0.692. The molecule has 3 saturated carbocycles. The first-order valence-electron chi connectivity index (χ1n) is 6.75. The van der Waals surface area contributed by atoms with E-state index in [4.69, 9.17) is 11.6 Å². The minimum absolute atomic E-state index is 0.605. The topological polar surface area (TPSA) is 49.8 Å². The first kappa shape index (κ1) is 10.9. The normalized spacial score (nSPS) is 39.6. The monoisotopic (exact) mass is 264 g/mol. The minimum Gasteiger partial charge on any atom is -0.365 e. The summed E-state index contributed by atoms with van der Waals surface area (Å²) < 4.78 is 0. The van der Waals surface area contributed by atoms with Gasteiger partial charge in [0.1, 0.15) is 5.02 Å². The third-order valence-corrected chi connectivity index (χ3v) is 5.28. The molecule has 0 spiro atoms. The van der Waals surface area contributed by atoms with Gasteiger partial charge >= 0.3 is 0 Å². The van der Waals surface area contributed by atoms with Gasteiger partial charge in [-0.05, 0) is 42.9 Å². The van der Waals surface area contributed by atoms with Crippen LogP contribution in [0.3, 0.4) is 0 Å². The van der Waals surface area contributed by atoms with E-state index in [-0.39, 0.29) is 0 Å². The summed E-state index contributed by atoms with van der Waals surface area (Å²) >= 11 is 6.15. The van der Waals surface area contributed by atoms with Crippen molar-refractivity contribution < 1.29 is 0 Å². The third kappa shape index (κ3) is 1.44. The highest BCUT2D eigenvalue weighted by molar-refractivity contribution is 6.32. The third-order valence-electron chi connectivity index (χ3n) is 5.01. The van der Waals surface area contributed by atoms with E-state index in [0.29, 0.717) is 17.0 Å². The molecule has 3 aliphatic carbocycles. The number of halogens is 1. The number of hydrogen-bond donors (Lipinski definition) is 2. The second-order valence-electron chi connectivity index (χ2n) is 5.80. The van der Waals surface area contributed by atoms with Gasteiger partial charge in [-0.25, -0.2) is 4.98 Å². The largest absolute Gasteiger partial charge is 0.365 e. The molecule has 1 aromatic heterocycles. The van der Waals surface area contributed by atoms with Gasteiger partial charge in [-0.3, -0.25) is 0 Å². The van der Waals surface area contributed by atoms with E-state index in [2.05, 4.69) is 20.6 Å². The lowest BCUT2D eigenvalue weighted by Crippen LogP contribution is -2.14. The second-order valence-corrected chi connectivity index (χ2v) is 6.21. The van der Waals surface area contributed by atoms with Crippen LogP contribution in [0.1, 0.15) is 19.3 Å². The molecule has 2 N–H and O–H groups in total. The van der Waals surface area contributed by atoms with Gasteiger partial charge in [-0.15, -0.1) is 0 Å². The lowest BCUT2D eigenvalue weighted by atomic mass is 10.0.